The maximum Gasteiger partial charge on any atom is 0.254 e. The Labute approximate surface area is 167 Å². The molecule has 0 aliphatic rings. The number of carbonyl (C=O) groups is 1. The van der Waals surface area contributed by atoms with Gasteiger partial charge in [0.2, 0.25) is 0 Å². The Balaban J connectivity index is 1.23. The lowest BCUT2D eigenvalue weighted by Crippen LogP contribution is -2.23. The van der Waals surface area contributed by atoms with Crippen LogP contribution in [-0.4, -0.2) is 30.6 Å². The monoisotopic (exact) mass is 392 g/mol. The number of nitrogens with zero attached hydrogens (tertiary/aromatic N) is 4. The van der Waals surface area contributed by atoms with Gasteiger partial charge < -0.3 is 10.3 Å². The zero-order valence-corrected chi connectivity index (χ0v) is 15.8. The number of hydrogen-bond donors (Lipinski definition) is 2. The Kier molecular flexibility index (Phi) is 5.60. The number of nitrogens with one attached hydrogen (secondary N) is 2. The Morgan fingerprint density at radius 3 is 2.93 bits per heavy atom. The largest absolute Gasteiger partial charge is 0.346 e. The van der Waals surface area contributed by atoms with E-state index in [4.69, 9.17) is 0 Å². The number of aromatic amines is 1. The summed E-state index contributed by atoms with van der Waals surface area (Å²) in [5, 5.41) is 6.90. The molecule has 3 aromatic heterocycles. The van der Waals surface area contributed by atoms with E-state index in [-0.39, 0.29) is 18.1 Å². The molecule has 0 radical (unpaired) electrons. The van der Waals surface area contributed by atoms with Gasteiger partial charge in [-0.3, -0.25) is 14.5 Å². The zero-order chi connectivity index (χ0) is 20.1. The van der Waals surface area contributed by atoms with Gasteiger partial charge in [-0.1, -0.05) is 12.1 Å². The Hall–Kier alpha value is -3.55. The number of fused-ring (bicyclic) bond motifs is 1. The van der Waals surface area contributed by atoms with Crippen LogP contribution in [0.1, 0.15) is 34.7 Å². The van der Waals surface area contributed by atoms with Crippen molar-refractivity contribution in [2.45, 2.75) is 32.4 Å². The number of rotatable bonds is 8. The summed E-state index contributed by atoms with van der Waals surface area (Å²) in [4.78, 5) is 24.0. The molecule has 0 atom stereocenters. The number of carbonyl (C=O) groups excluding carboxylic acids is 1. The summed E-state index contributed by atoms with van der Waals surface area (Å²) in [6.45, 7) is 0.747. The van der Waals surface area contributed by atoms with Crippen LogP contribution in [-0.2, 0) is 19.5 Å². The third-order valence-electron chi connectivity index (χ3n) is 4.64. The number of benzene rings is 1. The number of halogens is 1. The van der Waals surface area contributed by atoms with E-state index in [1.807, 2.05) is 24.3 Å². The first kappa shape index (κ1) is 18.8. The second-order valence-electron chi connectivity index (χ2n) is 6.76. The van der Waals surface area contributed by atoms with Gasteiger partial charge in [0, 0.05) is 25.4 Å². The van der Waals surface area contributed by atoms with E-state index in [1.165, 1.54) is 24.5 Å². The zero-order valence-electron chi connectivity index (χ0n) is 15.8. The van der Waals surface area contributed by atoms with Crippen LogP contribution in [0.15, 0.2) is 55.0 Å². The first-order valence-corrected chi connectivity index (χ1v) is 9.53. The number of aryl methyl sites for hydroxylation is 2. The lowest BCUT2D eigenvalue weighted by atomic mass is 10.2. The molecule has 0 spiro atoms. The molecule has 0 saturated carbocycles. The molecule has 3 heterocycles. The van der Waals surface area contributed by atoms with E-state index < -0.39 is 5.82 Å². The standard InChI is InChI=1S/C21H21FN6O/c22-16-6-5-10-23-19(16)13-24-21(29)15-12-25-28(14-15)11-4-3-9-20-26-17-7-1-2-8-18(17)27-20/h1-2,5-8,10,12,14H,3-4,9,11,13H2,(H,24,29)(H,26,27). The number of H-pyrrole nitrogens is 1. The highest BCUT2D eigenvalue weighted by Gasteiger charge is 2.10. The fourth-order valence-corrected chi connectivity index (χ4v) is 3.11. The number of imidazole rings is 1. The molecule has 4 aromatic rings. The van der Waals surface area contributed by atoms with Gasteiger partial charge in [-0.2, -0.15) is 5.10 Å². The van der Waals surface area contributed by atoms with E-state index in [1.54, 1.807) is 10.9 Å². The topological polar surface area (TPSA) is 88.5 Å². The summed E-state index contributed by atoms with van der Waals surface area (Å²) in [6, 6.07) is 10.8. The number of aromatic nitrogens is 5. The van der Waals surface area contributed by atoms with E-state index in [0.29, 0.717) is 12.1 Å². The molecule has 0 saturated heterocycles. The van der Waals surface area contributed by atoms with Gasteiger partial charge in [0.05, 0.1) is 35.0 Å². The highest BCUT2D eigenvalue weighted by Crippen LogP contribution is 2.12. The third kappa shape index (κ3) is 4.66. The van der Waals surface area contributed by atoms with Crippen LogP contribution in [0.2, 0.25) is 0 Å². The molecule has 0 aliphatic heterocycles. The van der Waals surface area contributed by atoms with Gasteiger partial charge in [0.1, 0.15) is 11.6 Å². The van der Waals surface area contributed by atoms with Crippen LogP contribution < -0.4 is 5.32 Å². The van der Waals surface area contributed by atoms with Gasteiger partial charge in [-0.25, -0.2) is 9.37 Å². The first-order valence-electron chi connectivity index (χ1n) is 9.53. The normalized spacial score (nSPS) is 11.1. The molecule has 7 nitrogen and oxygen atoms in total. The lowest BCUT2D eigenvalue weighted by molar-refractivity contribution is 0.0950. The predicted octanol–water partition coefficient (Wildman–Crippen LogP) is 3.25. The number of amides is 1. The quantitative estimate of drug-likeness (QED) is 0.451. The summed E-state index contributed by atoms with van der Waals surface area (Å²) in [5.74, 6) is 0.241. The molecule has 4 rings (SSSR count). The highest BCUT2D eigenvalue weighted by molar-refractivity contribution is 5.93. The van der Waals surface area contributed by atoms with Gasteiger partial charge in [-0.05, 0) is 37.1 Å². The molecule has 1 amide bonds. The SMILES string of the molecule is O=C(NCc1ncccc1F)c1cnn(CCCCc2nc3ccccc3[nH]2)c1. The second-order valence-corrected chi connectivity index (χ2v) is 6.76. The number of pyridine rings is 1. The van der Waals surface area contributed by atoms with Crippen molar-refractivity contribution in [3.05, 3.63) is 77.9 Å². The summed E-state index contributed by atoms with van der Waals surface area (Å²) >= 11 is 0. The van der Waals surface area contributed by atoms with Crippen molar-refractivity contribution in [1.82, 2.24) is 30.0 Å². The van der Waals surface area contributed by atoms with Gasteiger partial charge in [0.25, 0.3) is 5.91 Å². The predicted molar refractivity (Wildman–Crippen MR) is 107 cm³/mol. The van der Waals surface area contributed by atoms with Gasteiger partial charge in [-0.15, -0.1) is 0 Å². The van der Waals surface area contributed by atoms with Crippen LogP contribution in [0.25, 0.3) is 11.0 Å². The maximum absolute atomic E-state index is 13.6. The average Bonchev–Trinajstić information content (AvgIpc) is 3.37. The molecule has 2 N–H and O–H groups in total. The molecular weight excluding hydrogens is 371 g/mol. The lowest BCUT2D eigenvalue weighted by Gasteiger charge is -2.04. The second kappa shape index (κ2) is 8.64. The van der Waals surface area contributed by atoms with E-state index >= 15 is 0 Å². The maximum atomic E-state index is 13.6. The molecule has 0 bridgehead atoms. The van der Waals surface area contributed by atoms with E-state index in [9.17, 15) is 9.18 Å². The first-order chi connectivity index (χ1) is 14.2. The summed E-state index contributed by atoms with van der Waals surface area (Å²) in [5.41, 5.74) is 2.68. The fourth-order valence-electron chi connectivity index (χ4n) is 3.11. The van der Waals surface area contributed by atoms with E-state index in [0.717, 1.165) is 36.1 Å². The van der Waals surface area contributed by atoms with Crippen molar-refractivity contribution in [1.29, 1.82) is 0 Å². The van der Waals surface area contributed by atoms with Crippen molar-refractivity contribution in [2.24, 2.45) is 0 Å². The highest BCUT2D eigenvalue weighted by atomic mass is 19.1. The number of para-hydroxylation sites is 2. The van der Waals surface area contributed by atoms with Crippen molar-refractivity contribution < 1.29 is 9.18 Å². The average molecular weight is 392 g/mol. The molecule has 0 unspecified atom stereocenters. The van der Waals surface area contributed by atoms with E-state index in [2.05, 4.69) is 25.4 Å². The number of unbranched alkanes of at least 4 members (excludes halogenated alkanes) is 1. The smallest absolute Gasteiger partial charge is 0.254 e. The summed E-state index contributed by atoms with van der Waals surface area (Å²) in [6.07, 6.45) is 7.45. The van der Waals surface area contributed by atoms with Crippen LogP contribution in [0, 0.1) is 5.82 Å². The minimum Gasteiger partial charge on any atom is -0.346 e. The molecule has 29 heavy (non-hydrogen) atoms. The molecule has 0 aliphatic carbocycles. The minimum absolute atomic E-state index is 0.0359. The van der Waals surface area contributed by atoms with Crippen molar-refractivity contribution in [3.63, 3.8) is 0 Å². The van der Waals surface area contributed by atoms with Crippen molar-refractivity contribution in [2.75, 3.05) is 0 Å². The molecular formula is C21H21FN6O. The van der Waals surface area contributed by atoms with Crippen LogP contribution in [0.3, 0.4) is 0 Å². The number of hydrogen-bond acceptors (Lipinski definition) is 4. The van der Waals surface area contributed by atoms with Gasteiger partial charge >= 0.3 is 0 Å². The minimum atomic E-state index is -0.437. The van der Waals surface area contributed by atoms with Crippen LogP contribution in [0.5, 0.6) is 0 Å². The summed E-state index contributed by atoms with van der Waals surface area (Å²) in [7, 11) is 0. The fraction of sp³-hybridized carbons (Fsp3) is 0.238. The van der Waals surface area contributed by atoms with Gasteiger partial charge in [0.15, 0.2) is 0 Å². The molecule has 0 fully saturated rings. The summed E-state index contributed by atoms with van der Waals surface area (Å²) < 4.78 is 15.3. The Morgan fingerprint density at radius 2 is 2.07 bits per heavy atom. The van der Waals surface area contributed by atoms with Crippen LogP contribution in [0.4, 0.5) is 4.39 Å². The van der Waals surface area contributed by atoms with Crippen molar-refractivity contribution >= 4 is 16.9 Å². The third-order valence-corrected chi connectivity index (χ3v) is 4.64. The van der Waals surface area contributed by atoms with Crippen molar-refractivity contribution in [3.8, 4) is 0 Å². The molecule has 1 aromatic carbocycles. The Morgan fingerprint density at radius 1 is 1.17 bits per heavy atom. The molecule has 8 heteroatoms. The van der Waals surface area contributed by atoms with Crippen LogP contribution >= 0.6 is 0 Å². The molecule has 148 valence electrons. The Bertz CT molecular complexity index is 1090.